The van der Waals surface area contributed by atoms with Crippen LogP contribution in [0.1, 0.15) is 61.7 Å². The van der Waals surface area contributed by atoms with Gasteiger partial charge in [0, 0.05) is 12.8 Å². The fourth-order valence-corrected chi connectivity index (χ4v) is 5.58. The molecule has 0 N–H and O–H groups in total. The maximum atomic E-state index is 13.6. The molecule has 4 aromatic carbocycles. The van der Waals surface area contributed by atoms with Crippen molar-refractivity contribution in [1.82, 2.24) is 30.0 Å². The van der Waals surface area contributed by atoms with Gasteiger partial charge in [-0.25, -0.2) is 9.36 Å². The average molecular weight is 557 g/mol. The molecular weight excluding hydrogens is 524 g/mol. The van der Waals surface area contributed by atoms with E-state index in [1.807, 2.05) is 109 Å². The van der Waals surface area contributed by atoms with E-state index in [4.69, 9.17) is 0 Å². The number of aromatic nitrogens is 6. The number of Topliss-reactive ketones (excluding diaryl/α,β-unsaturated/α-hetero) is 2. The standard InChI is InChI=1S/C34H32N6O2/c41-31(33(25-15-5-3-6-16-25)39-29-21-13-11-19-27(29)35-37-39)23-9-1-2-10-24-32(42)34(26-17-7-4-8-18-26)40-30-22-14-12-20-28(30)36-38-40/h3-8,11-22,33-34H,1-2,9-10,23-24H2. The normalized spacial score (nSPS) is 12.9. The van der Waals surface area contributed by atoms with Crippen LogP contribution >= 0.6 is 0 Å². The van der Waals surface area contributed by atoms with Crippen LogP contribution in [0.25, 0.3) is 22.1 Å². The van der Waals surface area contributed by atoms with Crippen LogP contribution in [0.3, 0.4) is 0 Å². The summed E-state index contributed by atoms with van der Waals surface area (Å²) in [4.78, 5) is 27.1. The van der Waals surface area contributed by atoms with Crippen molar-refractivity contribution in [1.29, 1.82) is 0 Å². The summed E-state index contributed by atoms with van der Waals surface area (Å²) in [6.45, 7) is 0. The highest BCUT2D eigenvalue weighted by Crippen LogP contribution is 2.27. The van der Waals surface area contributed by atoms with Crippen molar-refractivity contribution < 1.29 is 9.59 Å². The molecule has 42 heavy (non-hydrogen) atoms. The summed E-state index contributed by atoms with van der Waals surface area (Å²) in [5.41, 5.74) is 5.01. The molecule has 6 rings (SSSR count). The van der Waals surface area contributed by atoms with E-state index in [0.29, 0.717) is 12.8 Å². The number of carbonyl (C=O) groups excluding carboxylic acids is 2. The van der Waals surface area contributed by atoms with Gasteiger partial charge in [-0.15, -0.1) is 10.2 Å². The lowest BCUT2D eigenvalue weighted by Crippen LogP contribution is -2.22. The van der Waals surface area contributed by atoms with Gasteiger partial charge in [0.2, 0.25) is 0 Å². The van der Waals surface area contributed by atoms with Gasteiger partial charge < -0.3 is 0 Å². The molecule has 0 amide bonds. The van der Waals surface area contributed by atoms with Gasteiger partial charge in [-0.1, -0.05) is 108 Å². The molecule has 2 heterocycles. The summed E-state index contributed by atoms with van der Waals surface area (Å²) < 4.78 is 3.48. The molecule has 0 aliphatic rings. The van der Waals surface area contributed by atoms with Crippen LogP contribution in [-0.4, -0.2) is 41.6 Å². The number of fused-ring (bicyclic) bond motifs is 2. The Morgan fingerprint density at radius 3 is 1.31 bits per heavy atom. The molecule has 8 heteroatoms. The van der Waals surface area contributed by atoms with Crippen LogP contribution in [0, 0.1) is 0 Å². The topological polar surface area (TPSA) is 95.6 Å². The maximum absolute atomic E-state index is 13.6. The second-order valence-corrected chi connectivity index (χ2v) is 10.5. The molecule has 2 atom stereocenters. The lowest BCUT2D eigenvalue weighted by Gasteiger charge is -2.18. The number of hydrogen-bond donors (Lipinski definition) is 0. The molecular formula is C34H32N6O2. The summed E-state index contributed by atoms with van der Waals surface area (Å²) in [7, 11) is 0. The number of benzene rings is 4. The van der Waals surface area contributed by atoms with Crippen LogP contribution in [0.4, 0.5) is 0 Å². The zero-order chi connectivity index (χ0) is 28.7. The number of ketones is 2. The minimum atomic E-state index is -0.524. The van der Waals surface area contributed by atoms with E-state index < -0.39 is 12.1 Å². The van der Waals surface area contributed by atoms with Gasteiger partial charge in [0.05, 0.1) is 11.0 Å². The Balaban J connectivity index is 1.07. The Labute approximate surface area is 244 Å². The van der Waals surface area contributed by atoms with Crippen molar-refractivity contribution in [3.8, 4) is 0 Å². The third-order valence-corrected chi connectivity index (χ3v) is 7.68. The number of nitrogens with zero attached hydrogens (tertiary/aromatic N) is 6. The molecule has 0 radical (unpaired) electrons. The fraction of sp³-hybridized carbons (Fsp3) is 0.235. The van der Waals surface area contributed by atoms with Crippen molar-refractivity contribution >= 4 is 33.6 Å². The first kappa shape index (κ1) is 27.2. The van der Waals surface area contributed by atoms with E-state index >= 15 is 0 Å². The molecule has 2 aromatic heterocycles. The zero-order valence-corrected chi connectivity index (χ0v) is 23.3. The van der Waals surface area contributed by atoms with E-state index in [1.165, 1.54) is 0 Å². The molecule has 6 aromatic rings. The van der Waals surface area contributed by atoms with Crippen molar-refractivity contribution in [3.63, 3.8) is 0 Å². The van der Waals surface area contributed by atoms with Gasteiger partial charge in [-0.2, -0.15) is 0 Å². The number of carbonyl (C=O) groups is 2. The van der Waals surface area contributed by atoms with E-state index in [9.17, 15) is 9.59 Å². The van der Waals surface area contributed by atoms with E-state index in [-0.39, 0.29) is 11.6 Å². The molecule has 2 unspecified atom stereocenters. The van der Waals surface area contributed by atoms with E-state index in [2.05, 4.69) is 20.6 Å². The van der Waals surface area contributed by atoms with Crippen LogP contribution in [0.2, 0.25) is 0 Å². The minimum Gasteiger partial charge on any atom is -0.297 e. The summed E-state index contributed by atoms with van der Waals surface area (Å²) in [6.07, 6.45) is 4.08. The highest BCUT2D eigenvalue weighted by atomic mass is 16.1. The zero-order valence-electron chi connectivity index (χ0n) is 23.3. The van der Waals surface area contributed by atoms with Crippen molar-refractivity contribution in [2.45, 2.75) is 50.6 Å². The number of unbranched alkanes of at least 4 members (excludes halogenated alkanes) is 3. The van der Waals surface area contributed by atoms with Gasteiger partial charge >= 0.3 is 0 Å². The van der Waals surface area contributed by atoms with Crippen molar-refractivity contribution in [2.24, 2.45) is 0 Å². The lowest BCUT2D eigenvalue weighted by atomic mass is 9.96. The Hall–Kier alpha value is -4.98. The van der Waals surface area contributed by atoms with Crippen molar-refractivity contribution in [3.05, 3.63) is 120 Å². The average Bonchev–Trinajstić information content (AvgIpc) is 3.65. The molecule has 8 nitrogen and oxygen atoms in total. The highest BCUT2D eigenvalue weighted by molar-refractivity contribution is 5.88. The Bertz CT molecular complexity index is 1660. The Morgan fingerprint density at radius 2 is 0.881 bits per heavy atom. The van der Waals surface area contributed by atoms with Gasteiger partial charge in [0.1, 0.15) is 23.1 Å². The molecule has 0 spiro atoms. The molecule has 0 bridgehead atoms. The molecule has 210 valence electrons. The largest absolute Gasteiger partial charge is 0.297 e. The molecule has 0 saturated carbocycles. The van der Waals surface area contributed by atoms with Crippen LogP contribution in [0.15, 0.2) is 109 Å². The third-order valence-electron chi connectivity index (χ3n) is 7.68. The SMILES string of the molecule is O=C(CCCCCCC(=O)C(c1ccccc1)n1nnc2ccccc21)C(c1ccccc1)n1nnc2ccccc21. The summed E-state index contributed by atoms with van der Waals surface area (Å²) in [5, 5.41) is 17.2. The molecule has 0 aliphatic heterocycles. The van der Waals surface area contributed by atoms with E-state index in [0.717, 1.165) is 58.9 Å². The van der Waals surface area contributed by atoms with Crippen molar-refractivity contribution in [2.75, 3.05) is 0 Å². The summed E-state index contributed by atoms with van der Waals surface area (Å²) in [6, 6.07) is 33.9. The third kappa shape index (κ3) is 5.74. The van der Waals surface area contributed by atoms with Crippen LogP contribution < -0.4 is 0 Å². The minimum absolute atomic E-state index is 0.107. The maximum Gasteiger partial charge on any atom is 0.161 e. The molecule has 0 aliphatic carbocycles. The van der Waals surface area contributed by atoms with Gasteiger partial charge in [0.15, 0.2) is 11.6 Å². The van der Waals surface area contributed by atoms with Crippen LogP contribution in [-0.2, 0) is 9.59 Å². The van der Waals surface area contributed by atoms with Crippen LogP contribution in [0.5, 0.6) is 0 Å². The number of para-hydroxylation sites is 2. The summed E-state index contributed by atoms with van der Waals surface area (Å²) >= 11 is 0. The predicted molar refractivity (Wildman–Crippen MR) is 162 cm³/mol. The second-order valence-electron chi connectivity index (χ2n) is 10.5. The fourth-order valence-electron chi connectivity index (χ4n) is 5.58. The molecule has 0 fully saturated rings. The first-order valence-corrected chi connectivity index (χ1v) is 14.5. The van der Waals surface area contributed by atoms with Gasteiger partial charge in [-0.05, 0) is 48.2 Å². The predicted octanol–water partition coefficient (Wildman–Crippen LogP) is 6.53. The van der Waals surface area contributed by atoms with Gasteiger partial charge in [-0.3, -0.25) is 9.59 Å². The lowest BCUT2D eigenvalue weighted by molar-refractivity contribution is -0.122. The number of rotatable bonds is 13. The second kappa shape index (κ2) is 12.7. The first-order chi connectivity index (χ1) is 20.7. The highest BCUT2D eigenvalue weighted by Gasteiger charge is 2.26. The number of hydrogen-bond acceptors (Lipinski definition) is 6. The monoisotopic (exact) mass is 556 g/mol. The molecule has 0 saturated heterocycles. The first-order valence-electron chi connectivity index (χ1n) is 14.5. The Kier molecular flexibility index (Phi) is 8.21. The van der Waals surface area contributed by atoms with Gasteiger partial charge in [0.25, 0.3) is 0 Å². The quantitative estimate of drug-likeness (QED) is 0.150. The Morgan fingerprint density at radius 1 is 0.500 bits per heavy atom. The summed E-state index contributed by atoms with van der Waals surface area (Å²) in [5.74, 6) is 0.213. The van der Waals surface area contributed by atoms with E-state index in [1.54, 1.807) is 9.36 Å². The smallest absolute Gasteiger partial charge is 0.161 e.